The fourth-order valence-corrected chi connectivity index (χ4v) is 1.81. The normalized spacial score (nSPS) is 10.1. The topological polar surface area (TPSA) is 53.4 Å². The zero-order chi connectivity index (χ0) is 13.0. The minimum absolute atomic E-state index is 0.302. The summed E-state index contributed by atoms with van der Waals surface area (Å²) in [4.78, 5) is 17.2. The molecule has 0 saturated carbocycles. The van der Waals surface area contributed by atoms with Gasteiger partial charge in [-0.2, -0.15) is 0 Å². The molecule has 2 aromatic rings. The third-order valence-electron chi connectivity index (χ3n) is 2.67. The molecule has 1 N–H and O–H groups in total. The number of hydrogen-bond donors (Lipinski definition) is 1. The number of rotatable bonds is 4. The fourth-order valence-electron chi connectivity index (χ4n) is 1.81. The van der Waals surface area contributed by atoms with Gasteiger partial charge in [-0.05, 0) is 24.3 Å². The van der Waals surface area contributed by atoms with Crippen molar-refractivity contribution in [3.8, 4) is 0 Å². The molecule has 4 nitrogen and oxygen atoms in total. The second kappa shape index (κ2) is 5.31. The minimum Gasteiger partial charge on any atom is -0.478 e. The zero-order valence-electron chi connectivity index (χ0n) is 10.1. The molecule has 0 bridgehead atoms. The Bertz CT molecular complexity index is 541. The second-order valence-corrected chi connectivity index (χ2v) is 4.00. The molecule has 0 fully saturated rings. The molecule has 4 heteroatoms. The monoisotopic (exact) mass is 242 g/mol. The molecular formula is C14H14N2O2. The molecule has 0 aliphatic heterocycles. The van der Waals surface area contributed by atoms with E-state index >= 15 is 0 Å². The highest BCUT2D eigenvalue weighted by molar-refractivity contribution is 5.94. The number of aromatic nitrogens is 1. The van der Waals surface area contributed by atoms with Crippen molar-refractivity contribution in [1.29, 1.82) is 0 Å². The van der Waals surface area contributed by atoms with Gasteiger partial charge >= 0.3 is 5.97 Å². The first-order valence-corrected chi connectivity index (χ1v) is 5.62. The molecule has 18 heavy (non-hydrogen) atoms. The van der Waals surface area contributed by atoms with E-state index in [-0.39, 0.29) is 0 Å². The summed E-state index contributed by atoms with van der Waals surface area (Å²) in [5, 5.41) is 9.14. The summed E-state index contributed by atoms with van der Waals surface area (Å²) in [6.07, 6.45) is 1.73. The van der Waals surface area contributed by atoms with Crippen molar-refractivity contribution in [3.05, 3.63) is 59.9 Å². The number of carboxylic acids is 1. The molecule has 0 radical (unpaired) electrons. The molecule has 92 valence electrons. The second-order valence-electron chi connectivity index (χ2n) is 4.00. The highest BCUT2D eigenvalue weighted by Crippen LogP contribution is 2.20. The summed E-state index contributed by atoms with van der Waals surface area (Å²) >= 11 is 0. The molecule has 0 aliphatic carbocycles. The third kappa shape index (κ3) is 2.66. The molecule has 0 aliphatic rings. The molecule has 0 atom stereocenters. The maximum Gasteiger partial charge on any atom is 0.337 e. The van der Waals surface area contributed by atoms with Crippen molar-refractivity contribution in [1.82, 2.24) is 4.98 Å². The van der Waals surface area contributed by atoms with Crippen molar-refractivity contribution >= 4 is 11.7 Å². The highest BCUT2D eigenvalue weighted by atomic mass is 16.4. The summed E-state index contributed by atoms with van der Waals surface area (Å²) in [7, 11) is 1.86. The average molecular weight is 242 g/mol. The Balaban J connectivity index is 2.24. The number of hydrogen-bond acceptors (Lipinski definition) is 3. The predicted molar refractivity (Wildman–Crippen MR) is 69.7 cm³/mol. The van der Waals surface area contributed by atoms with Crippen LogP contribution in [0.4, 0.5) is 5.69 Å². The summed E-state index contributed by atoms with van der Waals surface area (Å²) in [6.45, 7) is 0.575. The maximum absolute atomic E-state index is 11.1. The molecular weight excluding hydrogens is 228 g/mol. The van der Waals surface area contributed by atoms with Crippen molar-refractivity contribution < 1.29 is 9.90 Å². The Hall–Kier alpha value is -2.36. The molecule has 0 amide bonds. The van der Waals surface area contributed by atoms with E-state index in [9.17, 15) is 4.79 Å². The number of benzene rings is 1. The van der Waals surface area contributed by atoms with Crippen LogP contribution in [0.15, 0.2) is 48.7 Å². The molecule has 1 heterocycles. The number of anilines is 1. The molecule has 2 rings (SSSR count). The number of pyridine rings is 1. The van der Waals surface area contributed by atoms with Crippen LogP contribution in [0.2, 0.25) is 0 Å². The van der Waals surface area contributed by atoms with Crippen LogP contribution < -0.4 is 4.90 Å². The first-order valence-electron chi connectivity index (χ1n) is 5.62. The highest BCUT2D eigenvalue weighted by Gasteiger charge is 2.12. The van der Waals surface area contributed by atoms with E-state index in [1.165, 1.54) is 0 Å². The van der Waals surface area contributed by atoms with Crippen molar-refractivity contribution in [2.75, 3.05) is 11.9 Å². The Morgan fingerprint density at radius 2 is 1.94 bits per heavy atom. The van der Waals surface area contributed by atoms with E-state index in [4.69, 9.17) is 5.11 Å². The van der Waals surface area contributed by atoms with E-state index in [0.717, 1.165) is 5.69 Å². The van der Waals surface area contributed by atoms with Crippen molar-refractivity contribution in [3.63, 3.8) is 0 Å². The first kappa shape index (κ1) is 12.1. The largest absolute Gasteiger partial charge is 0.478 e. The van der Waals surface area contributed by atoms with Crippen LogP contribution in [0.25, 0.3) is 0 Å². The van der Waals surface area contributed by atoms with E-state index in [1.807, 2.05) is 36.2 Å². The van der Waals surface area contributed by atoms with Gasteiger partial charge in [-0.15, -0.1) is 0 Å². The molecule has 0 unspecified atom stereocenters. The van der Waals surface area contributed by atoms with Crippen LogP contribution in [0, 0.1) is 0 Å². The number of carboxylic acid groups (broad SMARTS) is 1. The Morgan fingerprint density at radius 1 is 1.22 bits per heavy atom. The number of aromatic carboxylic acids is 1. The standard InChI is InChI=1S/C14H14N2O2/c1-16(10-11-6-4-5-9-15-11)13-8-3-2-7-12(13)14(17)18/h2-9H,10H2,1H3,(H,17,18). The van der Waals surface area contributed by atoms with Gasteiger partial charge in [-0.25, -0.2) is 4.79 Å². The van der Waals surface area contributed by atoms with Crippen LogP contribution in [-0.4, -0.2) is 23.1 Å². The van der Waals surface area contributed by atoms with E-state index in [1.54, 1.807) is 24.4 Å². The third-order valence-corrected chi connectivity index (χ3v) is 2.67. The average Bonchev–Trinajstić information content (AvgIpc) is 2.40. The van der Waals surface area contributed by atoms with E-state index in [2.05, 4.69) is 4.98 Å². The SMILES string of the molecule is CN(Cc1ccccn1)c1ccccc1C(=O)O. The van der Waals surface area contributed by atoms with Crippen LogP contribution >= 0.6 is 0 Å². The van der Waals surface area contributed by atoms with Gasteiger partial charge in [-0.1, -0.05) is 18.2 Å². The number of nitrogens with zero attached hydrogens (tertiary/aromatic N) is 2. The van der Waals surface area contributed by atoms with E-state index in [0.29, 0.717) is 17.8 Å². The zero-order valence-corrected chi connectivity index (χ0v) is 10.1. The summed E-state index contributed by atoms with van der Waals surface area (Å²) < 4.78 is 0. The number of para-hydroxylation sites is 1. The van der Waals surface area contributed by atoms with Gasteiger partial charge in [0.2, 0.25) is 0 Å². The number of carbonyl (C=O) groups is 1. The Morgan fingerprint density at radius 3 is 2.61 bits per heavy atom. The maximum atomic E-state index is 11.1. The van der Waals surface area contributed by atoms with Crippen LogP contribution in [0.5, 0.6) is 0 Å². The van der Waals surface area contributed by atoms with Crippen molar-refractivity contribution in [2.45, 2.75) is 6.54 Å². The lowest BCUT2D eigenvalue weighted by atomic mass is 10.1. The predicted octanol–water partition coefficient (Wildman–Crippen LogP) is 2.42. The lowest BCUT2D eigenvalue weighted by Crippen LogP contribution is -2.19. The van der Waals surface area contributed by atoms with E-state index < -0.39 is 5.97 Å². The Labute approximate surface area is 106 Å². The van der Waals surface area contributed by atoms with Crippen LogP contribution in [-0.2, 0) is 6.54 Å². The lowest BCUT2D eigenvalue weighted by Gasteiger charge is -2.20. The van der Waals surface area contributed by atoms with Gasteiger partial charge in [0.25, 0.3) is 0 Å². The first-order chi connectivity index (χ1) is 8.68. The molecule has 0 saturated heterocycles. The minimum atomic E-state index is -0.918. The molecule has 1 aromatic carbocycles. The van der Waals surface area contributed by atoms with Gasteiger partial charge in [0.15, 0.2) is 0 Å². The lowest BCUT2D eigenvalue weighted by molar-refractivity contribution is 0.0697. The quantitative estimate of drug-likeness (QED) is 0.894. The summed E-state index contributed by atoms with van der Waals surface area (Å²) in [6, 6.07) is 12.6. The van der Waals surface area contributed by atoms with Gasteiger partial charge in [-0.3, -0.25) is 4.98 Å². The van der Waals surface area contributed by atoms with Crippen LogP contribution in [0.3, 0.4) is 0 Å². The van der Waals surface area contributed by atoms with Gasteiger partial charge in [0.05, 0.1) is 23.5 Å². The molecule has 0 spiro atoms. The van der Waals surface area contributed by atoms with Gasteiger partial charge in [0.1, 0.15) is 0 Å². The van der Waals surface area contributed by atoms with Gasteiger partial charge in [0, 0.05) is 13.2 Å². The molecule has 1 aromatic heterocycles. The summed E-state index contributed by atoms with van der Waals surface area (Å²) in [5.41, 5.74) is 1.90. The van der Waals surface area contributed by atoms with Crippen LogP contribution in [0.1, 0.15) is 16.1 Å². The van der Waals surface area contributed by atoms with Crippen molar-refractivity contribution in [2.24, 2.45) is 0 Å². The smallest absolute Gasteiger partial charge is 0.337 e. The summed E-state index contributed by atoms with van der Waals surface area (Å²) in [5.74, 6) is -0.918. The van der Waals surface area contributed by atoms with Gasteiger partial charge < -0.3 is 10.0 Å². The Kier molecular flexibility index (Phi) is 3.57. The fraction of sp³-hybridized carbons (Fsp3) is 0.143.